The Kier molecular flexibility index (Phi) is 8.22. The number of halogens is 1. The molecule has 0 aliphatic carbocycles. The van der Waals surface area contributed by atoms with Crippen molar-refractivity contribution in [1.82, 2.24) is 9.80 Å². The Bertz CT molecular complexity index is 815. The Balaban J connectivity index is 1.39. The molecule has 1 heterocycles. The van der Waals surface area contributed by atoms with E-state index >= 15 is 0 Å². The minimum absolute atomic E-state index is 0.184. The SMILES string of the molecule is COc1cc(CCC(=O)N2CCN(CCOc3ccccc3Cl)CC2)cc(OC)c1. The van der Waals surface area contributed by atoms with Gasteiger partial charge in [-0.1, -0.05) is 23.7 Å². The number of piperazine rings is 1. The highest BCUT2D eigenvalue weighted by Crippen LogP contribution is 2.24. The Morgan fingerprint density at radius 3 is 2.30 bits per heavy atom. The summed E-state index contributed by atoms with van der Waals surface area (Å²) in [6, 6.07) is 13.2. The van der Waals surface area contributed by atoms with Crippen molar-refractivity contribution in [3.8, 4) is 17.2 Å². The molecular weight excluding hydrogens is 404 g/mol. The van der Waals surface area contributed by atoms with E-state index in [4.69, 9.17) is 25.8 Å². The molecule has 0 radical (unpaired) electrons. The number of para-hydroxylation sites is 1. The normalized spacial score (nSPS) is 14.4. The molecule has 2 aromatic carbocycles. The highest BCUT2D eigenvalue weighted by atomic mass is 35.5. The molecule has 1 aliphatic rings. The predicted octanol–water partition coefficient (Wildman–Crippen LogP) is 3.51. The second-order valence-electron chi connectivity index (χ2n) is 7.22. The van der Waals surface area contributed by atoms with Gasteiger partial charge in [-0.15, -0.1) is 0 Å². The zero-order valence-corrected chi connectivity index (χ0v) is 18.4. The number of carbonyl (C=O) groups excluding carboxylic acids is 1. The first-order chi connectivity index (χ1) is 14.6. The van der Waals surface area contributed by atoms with Gasteiger partial charge in [0.05, 0.1) is 19.2 Å². The average molecular weight is 433 g/mol. The number of methoxy groups -OCH3 is 2. The molecule has 3 rings (SSSR count). The van der Waals surface area contributed by atoms with Crippen LogP contribution in [-0.2, 0) is 11.2 Å². The van der Waals surface area contributed by atoms with Crippen LogP contribution in [-0.4, -0.2) is 69.3 Å². The predicted molar refractivity (Wildman–Crippen MR) is 118 cm³/mol. The second-order valence-corrected chi connectivity index (χ2v) is 7.63. The van der Waals surface area contributed by atoms with Crippen LogP contribution in [0.15, 0.2) is 42.5 Å². The smallest absolute Gasteiger partial charge is 0.222 e. The summed E-state index contributed by atoms with van der Waals surface area (Å²) in [7, 11) is 3.26. The molecule has 30 heavy (non-hydrogen) atoms. The first-order valence-corrected chi connectivity index (χ1v) is 10.6. The first kappa shape index (κ1) is 22.2. The summed E-state index contributed by atoms with van der Waals surface area (Å²) in [4.78, 5) is 16.9. The highest BCUT2D eigenvalue weighted by molar-refractivity contribution is 6.32. The van der Waals surface area contributed by atoms with E-state index in [1.165, 1.54) is 0 Å². The quantitative estimate of drug-likeness (QED) is 0.607. The van der Waals surface area contributed by atoms with Crippen LogP contribution in [0.4, 0.5) is 0 Å². The van der Waals surface area contributed by atoms with E-state index in [1.54, 1.807) is 14.2 Å². The Morgan fingerprint density at radius 2 is 1.67 bits per heavy atom. The Hall–Kier alpha value is -2.44. The van der Waals surface area contributed by atoms with Crippen LogP contribution in [0.2, 0.25) is 5.02 Å². The largest absolute Gasteiger partial charge is 0.497 e. The summed E-state index contributed by atoms with van der Waals surface area (Å²) in [5.74, 6) is 2.37. The maximum atomic E-state index is 12.6. The number of nitrogens with zero attached hydrogens (tertiary/aromatic N) is 2. The lowest BCUT2D eigenvalue weighted by Crippen LogP contribution is -2.49. The van der Waals surface area contributed by atoms with Crippen molar-refractivity contribution in [2.75, 3.05) is 53.6 Å². The molecule has 0 spiro atoms. The minimum Gasteiger partial charge on any atom is -0.497 e. The average Bonchev–Trinajstić information content (AvgIpc) is 2.79. The monoisotopic (exact) mass is 432 g/mol. The molecule has 162 valence electrons. The fraction of sp³-hybridized carbons (Fsp3) is 0.435. The van der Waals surface area contributed by atoms with Crippen LogP contribution in [0.5, 0.6) is 17.2 Å². The summed E-state index contributed by atoms with van der Waals surface area (Å²) in [6.45, 7) is 4.58. The van der Waals surface area contributed by atoms with Crippen LogP contribution in [0.3, 0.4) is 0 Å². The molecule has 0 unspecified atom stereocenters. The van der Waals surface area contributed by atoms with Crippen LogP contribution < -0.4 is 14.2 Å². The lowest BCUT2D eigenvalue weighted by molar-refractivity contribution is -0.132. The first-order valence-electron chi connectivity index (χ1n) is 10.2. The van der Waals surface area contributed by atoms with E-state index in [9.17, 15) is 4.79 Å². The fourth-order valence-electron chi connectivity index (χ4n) is 3.49. The number of hydrogen-bond donors (Lipinski definition) is 0. The van der Waals surface area contributed by atoms with E-state index in [2.05, 4.69) is 4.90 Å². The van der Waals surface area contributed by atoms with Gasteiger partial charge >= 0.3 is 0 Å². The minimum atomic E-state index is 0.184. The highest BCUT2D eigenvalue weighted by Gasteiger charge is 2.21. The van der Waals surface area contributed by atoms with E-state index in [0.29, 0.717) is 30.2 Å². The summed E-state index contributed by atoms with van der Waals surface area (Å²) in [6.07, 6.45) is 1.14. The Morgan fingerprint density at radius 1 is 1.00 bits per heavy atom. The van der Waals surface area contributed by atoms with E-state index < -0.39 is 0 Å². The summed E-state index contributed by atoms with van der Waals surface area (Å²) < 4.78 is 16.4. The molecule has 1 fully saturated rings. The molecule has 1 aliphatic heterocycles. The van der Waals surface area contributed by atoms with Crippen molar-refractivity contribution in [2.45, 2.75) is 12.8 Å². The van der Waals surface area contributed by atoms with Gasteiger partial charge in [0.15, 0.2) is 0 Å². The van der Waals surface area contributed by atoms with Crippen molar-refractivity contribution in [1.29, 1.82) is 0 Å². The molecular formula is C23H29ClN2O4. The van der Waals surface area contributed by atoms with Crippen molar-refractivity contribution in [3.63, 3.8) is 0 Å². The number of carbonyl (C=O) groups is 1. The zero-order chi connectivity index (χ0) is 21.3. The van der Waals surface area contributed by atoms with Crippen LogP contribution in [0.25, 0.3) is 0 Å². The molecule has 2 aromatic rings. The number of benzene rings is 2. The van der Waals surface area contributed by atoms with Gasteiger partial charge in [0.2, 0.25) is 5.91 Å². The topological polar surface area (TPSA) is 51.2 Å². The zero-order valence-electron chi connectivity index (χ0n) is 17.6. The van der Waals surface area contributed by atoms with Gasteiger partial charge in [0.25, 0.3) is 0 Å². The number of amides is 1. The molecule has 0 aromatic heterocycles. The molecule has 1 amide bonds. The van der Waals surface area contributed by atoms with Crippen molar-refractivity contribution < 1.29 is 19.0 Å². The third-order valence-electron chi connectivity index (χ3n) is 5.27. The van der Waals surface area contributed by atoms with E-state index in [-0.39, 0.29) is 5.91 Å². The summed E-state index contributed by atoms with van der Waals surface area (Å²) in [5.41, 5.74) is 1.04. The van der Waals surface area contributed by atoms with Gasteiger partial charge < -0.3 is 19.1 Å². The van der Waals surface area contributed by atoms with E-state index in [1.807, 2.05) is 47.4 Å². The lowest BCUT2D eigenvalue weighted by atomic mass is 10.1. The third-order valence-corrected chi connectivity index (χ3v) is 5.58. The van der Waals surface area contributed by atoms with Gasteiger partial charge in [-0.25, -0.2) is 0 Å². The molecule has 0 bridgehead atoms. The summed E-state index contributed by atoms with van der Waals surface area (Å²) in [5, 5.41) is 0.626. The van der Waals surface area contributed by atoms with Gasteiger partial charge in [-0.3, -0.25) is 9.69 Å². The van der Waals surface area contributed by atoms with Crippen LogP contribution >= 0.6 is 11.6 Å². The van der Waals surface area contributed by atoms with E-state index in [0.717, 1.165) is 49.8 Å². The molecule has 0 saturated carbocycles. The second kappa shape index (κ2) is 11.1. The molecule has 1 saturated heterocycles. The van der Waals surface area contributed by atoms with Crippen molar-refractivity contribution >= 4 is 17.5 Å². The summed E-state index contributed by atoms with van der Waals surface area (Å²) >= 11 is 6.11. The maximum absolute atomic E-state index is 12.6. The van der Waals surface area contributed by atoms with Gasteiger partial charge in [0.1, 0.15) is 23.9 Å². The maximum Gasteiger partial charge on any atom is 0.222 e. The number of hydrogen-bond acceptors (Lipinski definition) is 5. The van der Waals surface area contributed by atoms with Gasteiger partial charge in [0, 0.05) is 45.2 Å². The number of ether oxygens (including phenoxy) is 3. The molecule has 0 N–H and O–H groups in total. The number of aryl methyl sites for hydroxylation is 1. The molecule has 7 heteroatoms. The lowest BCUT2D eigenvalue weighted by Gasteiger charge is -2.34. The van der Waals surface area contributed by atoms with Gasteiger partial charge in [-0.05, 0) is 36.2 Å². The van der Waals surface area contributed by atoms with Crippen molar-refractivity contribution in [3.05, 3.63) is 53.1 Å². The molecule has 0 atom stereocenters. The van der Waals surface area contributed by atoms with Gasteiger partial charge in [-0.2, -0.15) is 0 Å². The molecule has 6 nitrogen and oxygen atoms in total. The number of rotatable bonds is 9. The standard InChI is InChI=1S/C23H29ClN2O4/c1-28-19-15-18(16-20(17-19)29-2)7-8-23(27)26-11-9-25(10-12-26)13-14-30-22-6-4-3-5-21(22)24/h3-6,15-17H,7-14H2,1-2H3. The third kappa shape index (κ3) is 6.28. The van der Waals surface area contributed by atoms with Crippen LogP contribution in [0, 0.1) is 0 Å². The fourth-order valence-corrected chi connectivity index (χ4v) is 3.68. The Labute approximate surface area is 183 Å². The van der Waals surface area contributed by atoms with Crippen molar-refractivity contribution in [2.24, 2.45) is 0 Å². The van der Waals surface area contributed by atoms with Crippen LogP contribution in [0.1, 0.15) is 12.0 Å².